The summed E-state index contributed by atoms with van der Waals surface area (Å²) in [4.78, 5) is 4.42. The maximum atomic E-state index is 5.15. The van der Waals surface area contributed by atoms with Crippen molar-refractivity contribution in [2.45, 2.75) is 6.42 Å². The summed E-state index contributed by atoms with van der Waals surface area (Å²) in [5.74, 6) is 0. The SMILES string of the molecule is ClCO/N=N/N1CCC1. The van der Waals surface area contributed by atoms with Gasteiger partial charge in [-0.05, 0) is 11.6 Å². The standard InChI is InChI=1S/C4H8ClN3O/c5-4-9-7-6-8-2-1-3-8/h1-4H2/b7-6+. The summed E-state index contributed by atoms with van der Waals surface area (Å²) in [7, 11) is 0. The van der Waals surface area contributed by atoms with Gasteiger partial charge in [-0.1, -0.05) is 11.6 Å². The van der Waals surface area contributed by atoms with E-state index in [0.717, 1.165) is 13.1 Å². The van der Waals surface area contributed by atoms with Gasteiger partial charge < -0.3 is 4.84 Å². The van der Waals surface area contributed by atoms with Crippen LogP contribution in [-0.4, -0.2) is 24.2 Å². The van der Waals surface area contributed by atoms with Crippen LogP contribution < -0.4 is 0 Å². The minimum absolute atomic E-state index is 0.0668. The number of nitrogens with zero attached hydrogens (tertiary/aromatic N) is 3. The molecule has 0 spiro atoms. The monoisotopic (exact) mass is 149 g/mol. The highest BCUT2D eigenvalue weighted by Crippen LogP contribution is 2.05. The Labute approximate surface area is 58.4 Å². The Bertz CT molecular complexity index is 104. The largest absolute Gasteiger partial charge is 0.362 e. The number of hydrogen-bond donors (Lipinski definition) is 0. The summed E-state index contributed by atoms with van der Waals surface area (Å²) in [5, 5.41) is 8.81. The van der Waals surface area contributed by atoms with Gasteiger partial charge in [0.25, 0.3) is 0 Å². The molecule has 1 heterocycles. The van der Waals surface area contributed by atoms with Crippen LogP contribution in [-0.2, 0) is 4.84 Å². The molecule has 9 heavy (non-hydrogen) atoms. The van der Waals surface area contributed by atoms with Crippen LogP contribution in [0.2, 0.25) is 0 Å². The van der Waals surface area contributed by atoms with Gasteiger partial charge in [0.15, 0.2) is 6.07 Å². The predicted molar refractivity (Wildman–Crippen MR) is 32.9 cm³/mol. The van der Waals surface area contributed by atoms with Gasteiger partial charge in [-0.15, -0.1) is 0 Å². The number of rotatable bonds is 3. The van der Waals surface area contributed by atoms with E-state index in [2.05, 4.69) is 15.3 Å². The number of halogens is 1. The topological polar surface area (TPSA) is 37.2 Å². The summed E-state index contributed by atoms with van der Waals surface area (Å²) in [6.45, 7) is 1.96. The van der Waals surface area contributed by atoms with Crippen molar-refractivity contribution < 1.29 is 4.84 Å². The predicted octanol–water partition coefficient (Wildman–Crippen LogP) is 1.19. The molecule has 4 nitrogen and oxygen atoms in total. The smallest absolute Gasteiger partial charge is 0.192 e. The van der Waals surface area contributed by atoms with E-state index >= 15 is 0 Å². The lowest BCUT2D eigenvalue weighted by Gasteiger charge is -2.24. The van der Waals surface area contributed by atoms with Crippen molar-refractivity contribution >= 4 is 11.6 Å². The second-order valence-corrected chi connectivity index (χ2v) is 1.93. The fourth-order valence-corrected chi connectivity index (χ4v) is 0.532. The lowest BCUT2D eigenvalue weighted by molar-refractivity contribution is 0.0960. The van der Waals surface area contributed by atoms with Crippen molar-refractivity contribution in [2.24, 2.45) is 10.5 Å². The van der Waals surface area contributed by atoms with Crippen LogP contribution in [0.15, 0.2) is 10.5 Å². The van der Waals surface area contributed by atoms with Gasteiger partial charge in [-0.2, -0.15) is 0 Å². The van der Waals surface area contributed by atoms with Crippen LogP contribution in [0.1, 0.15) is 6.42 Å². The van der Waals surface area contributed by atoms with Gasteiger partial charge >= 0.3 is 0 Å². The zero-order valence-electron chi connectivity index (χ0n) is 4.96. The summed E-state index contributed by atoms with van der Waals surface area (Å²) in [6.07, 6.45) is 1.19. The Kier molecular flexibility index (Phi) is 2.57. The van der Waals surface area contributed by atoms with E-state index in [1.54, 1.807) is 0 Å². The first kappa shape index (κ1) is 6.61. The minimum atomic E-state index is 0.0668. The third kappa shape index (κ3) is 2.05. The second-order valence-electron chi connectivity index (χ2n) is 1.72. The molecule has 0 unspecified atom stereocenters. The molecule has 0 aliphatic carbocycles. The average molecular weight is 150 g/mol. The molecule has 0 amide bonds. The summed E-state index contributed by atoms with van der Waals surface area (Å²) in [6, 6.07) is 0.0668. The average Bonchev–Trinajstić information content (AvgIpc) is 1.76. The summed E-state index contributed by atoms with van der Waals surface area (Å²) >= 11 is 5.15. The molecule has 52 valence electrons. The first-order valence-electron chi connectivity index (χ1n) is 2.77. The highest BCUT2D eigenvalue weighted by atomic mass is 35.5. The lowest BCUT2D eigenvalue weighted by Crippen LogP contribution is -2.31. The van der Waals surface area contributed by atoms with Crippen LogP contribution in [0.4, 0.5) is 0 Å². The molecule has 5 heteroatoms. The van der Waals surface area contributed by atoms with E-state index in [9.17, 15) is 0 Å². The summed E-state index contributed by atoms with van der Waals surface area (Å²) in [5.41, 5.74) is 0. The Morgan fingerprint density at radius 2 is 2.33 bits per heavy atom. The molecule has 0 aromatic carbocycles. The molecule has 0 radical (unpaired) electrons. The van der Waals surface area contributed by atoms with Crippen molar-refractivity contribution in [1.82, 2.24) is 5.01 Å². The quantitative estimate of drug-likeness (QED) is 0.343. The second kappa shape index (κ2) is 3.50. The molecule has 0 N–H and O–H groups in total. The normalized spacial score (nSPS) is 18.1. The molecule has 1 fully saturated rings. The van der Waals surface area contributed by atoms with E-state index < -0.39 is 0 Å². The first-order chi connectivity index (χ1) is 4.43. The van der Waals surface area contributed by atoms with Gasteiger partial charge in [0, 0.05) is 18.4 Å². The van der Waals surface area contributed by atoms with E-state index in [-0.39, 0.29) is 6.07 Å². The highest BCUT2D eigenvalue weighted by molar-refractivity contribution is 6.17. The van der Waals surface area contributed by atoms with Crippen molar-refractivity contribution in [3.63, 3.8) is 0 Å². The molecule has 0 bridgehead atoms. The van der Waals surface area contributed by atoms with Crippen LogP contribution >= 0.6 is 11.6 Å². The Morgan fingerprint density at radius 1 is 1.56 bits per heavy atom. The van der Waals surface area contributed by atoms with E-state index in [0.29, 0.717) is 0 Å². The molecule has 0 saturated carbocycles. The molecular weight excluding hydrogens is 142 g/mol. The zero-order valence-corrected chi connectivity index (χ0v) is 5.71. The molecule has 1 aliphatic heterocycles. The maximum absolute atomic E-state index is 5.15. The Morgan fingerprint density at radius 3 is 2.78 bits per heavy atom. The molecule has 1 rings (SSSR count). The van der Waals surface area contributed by atoms with E-state index in [1.807, 2.05) is 5.01 Å². The van der Waals surface area contributed by atoms with Crippen LogP contribution in [0, 0.1) is 0 Å². The summed E-state index contributed by atoms with van der Waals surface area (Å²) < 4.78 is 0. The van der Waals surface area contributed by atoms with Crippen LogP contribution in [0.3, 0.4) is 0 Å². The van der Waals surface area contributed by atoms with Gasteiger partial charge in [0.1, 0.15) is 0 Å². The highest BCUT2D eigenvalue weighted by Gasteiger charge is 2.10. The maximum Gasteiger partial charge on any atom is 0.192 e. The molecule has 0 aromatic rings. The molecule has 0 aromatic heterocycles. The Hall–Kier alpha value is -0.510. The van der Waals surface area contributed by atoms with E-state index in [4.69, 9.17) is 11.6 Å². The first-order valence-corrected chi connectivity index (χ1v) is 3.31. The van der Waals surface area contributed by atoms with Gasteiger partial charge in [-0.3, -0.25) is 5.01 Å². The van der Waals surface area contributed by atoms with Crippen molar-refractivity contribution in [2.75, 3.05) is 19.2 Å². The van der Waals surface area contributed by atoms with Gasteiger partial charge in [0.05, 0.1) is 0 Å². The number of hydrogen-bond acceptors (Lipinski definition) is 3. The third-order valence-electron chi connectivity index (χ3n) is 1.10. The van der Waals surface area contributed by atoms with Crippen molar-refractivity contribution in [1.29, 1.82) is 0 Å². The Balaban J connectivity index is 2.00. The van der Waals surface area contributed by atoms with Crippen molar-refractivity contribution in [3.8, 4) is 0 Å². The van der Waals surface area contributed by atoms with Crippen molar-refractivity contribution in [3.05, 3.63) is 0 Å². The fraction of sp³-hybridized carbons (Fsp3) is 1.00. The number of alkyl halides is 1. The van der Waals surface area contributed by atoms with Gasteiger partial charge in [0.2, 0.25) is 0 Å². The lowest BCUT2D eigenvalue weighted by atomic mass is 10.3. The molecular formula is C4H8ClN3O. The van der Waals surface area contributed by atoms with Crippen LogP contribution in [0.25, 0.3) is 0 Å². The van der Waals surface area contributed by atoms with E-state index in [1.165, 1.54) is 6.42 Å². The minimum Gasteiger partial charge on any atom is -0.362 e. The zero-order chi connectivity index (χ0) is 6.53. The fourth-order valence-electron chi connectivity index (χ4n) is 0.488. The van der Waals surface area contributed by atoms with Gasteiger partial charge in [-0.25, -0.2) is 0 Å². The molecule has 1 saturated heterocycles. The molecule has 1 aliphatic rings. The van der Waals surface area contributed by atoms with Crippen LogP contribution in [0.5, 0.6) is 0 Å². The molecule has 0 atom stereocenters. The third-order valence-corrected chi connectivity index (χ3v) is 1.20.